The smallest absolute Gasteiger partial charge is 0.306 e. The number of hydrogen-bond acceptors (Lipinski definition) is 8. The molecule has 1 saturated heterocycles. The van der Waals surface area contributed by atoms with E-state index in [1.54, 1.807) is 36.1 Å². The molecule has 0 bridgehead atoms. The van der Waals surface area contributed by atoms with E-state index >= 15 is 0 Å². The Kier molecular flexibility index (Phi) is 10.0. The van der Waals surface area contributed by atoms with Crippen molar-refractivity contribution in [2.75, 3.05) is 40.0 Å². The van der Waals surface area contributed by atoms with E-state index in [0.717, 1.165) is 18.4 Å². The number of esters is 1. The lowest BCUT2D eigenvalue weighted by molar-refractivity contribution is -0.147. The molecule has 1 aliphatic heterocycles. The van der Waals surface area contributed by atoms with Gasteiger partial charge >= 0.3 is 5.97 Å². The number of carbonyl (C=O) groups is 3. The van der Waals surface area contributed by atoms with E-state index in [4.69, 9.17) is 25.6 Å². The predicted molar refractivity (Wildman–Crippen MR) is 127 cm³/mol. The van der Waals surface area contributed by atoms with Gasteiger partial charge in [-0.2, -0.15) is 4.98 Å². The van der Waals surface area contributed by atoms with Crippen LogP contribution in [0, 0.1) is 0 Å². The Labute approximate surface area is 209 Å². The zero-order chi connectivity index (χ0) is 25.2. The lowest BCUT2D eigenvalue weighted by Crippen LogP contribution is -2.47. The summed E-state index contributed by atoms with van der Waals surface area (Å²) in [6.45, 7) is 2.88. The fourth-order valence-corrected chi connectivity index (χ4v) is 4.05. The molecule has 1 aromatic carbocycles. The zero-order valence-corrected chi connectivity index (χ0v) is 20.8. The number of hydrogen-bond donors (Lipinski definition) is 0. The van der Waals surface area contributed by atoms with Crippen molar-refractivity contribution >= 4 is 29.4 Å². The molecule has 1 unspecified atom stereocenters. The molecule has 35 heavy (non-hydrogen) atoms. The summed E-state index contributed by atoms with van der Waals surface area (Å²) in [7, 11) is 1.53. The van der Waals surface area contributed by atoms with Crippen LogP contribution in [0.2, 0.25) is 5.02 Å². The van der Waals surface area contributed by atoms with Gasteiger partial charge in [0.1, 0.15) is 6.04 Å². The largest absolute Gasteiger partial charge is 0.466 e. The molecule has 2 aromatic rings. The van der Waals surface area contributed by atoms with Crippen LogP contribution in [0.25, 0.3) is 11.4 Å². The van der Waals surface area contributed by atoms with Crippen LogP contribution in [-0.2, 0) is 23.9 Å². The number of methoxy groups -OCH3 is 1. The average Bonchev–Trinajstić information content (AvgIpc) is 3.36. The summed E-state index contributed by atoms with van der Waals surface area (Å²) < 4.78 is 15.5. The van der Waals surface area contributed by atoms with E-state index in [2.05, 4.69) is 10.1 Å². The molecule has 2 amide bonds. The topological polar surface area (TPSA) is 115 Å². The molecular weight excluding hydrogens is 476 g/mol. The van der Waals surface area contributed by atoms with Crippen LogP contribution in [0.5, 0.6) is 0 Å². The first-order valence-electron chi connectivity index (χ1n) is 11.7. The number of ether oxygens (including phenoxy) is 2. The maximum atomic E-state index is 13.3. The number of piperidine rings is 1. The molecule has 0 radical (unpaired) electrons. The summed E-state index contributed by atoms with van der Waals surface area (Å²) >= 11 is 5.96. The molecular formula is C24H31ClN4O6. The monoisotopic (exact) mass is 506 g/mol. The Morgan fingerprint density at radius 1 is 1.20 bits per heavy atom. The van der Waals surface area contributed by atoms with Crippen LogP contribution >= 0.6 is 11.6 Å². The van der Waals surface area contributed by atoms with E-state index < -0.39 is 5.97 Å². The lowest BCUT2D eigenvalue weighted by atomic mass is 10.0. The molecule has 1 fully saturated rings. The second kappa shape index (κ2) is 13.2. The van der Waals surface area contributed by atoms with E-state index in [1.807, 2.05) is 0 Å². The summed E-state index contributed by atoms with van der Waals surface area (Å²) in [5.41, 5.74) is 0.760. The molecule has 10 nitrogen and oxygen atoms in total. The Morgan fingerprint density at radius 2 is 1.97 bits per heavy atom. The molecule has 1 atom stereocenters. The first-order valence-corrected chi connectivity index (χ1v) is 12.1. The highest BCUT2D eigenvalue weighted by atomic mass is 35.5. The van der Waals surface area contributed by atoms with E-state index in [0.29, 0.717) is 29.7 Å². The van der Waals surface area contributed by atoms with Crippen molar-refractivity contribution in [3.8, 4) is 11.4 Å². The second-order valence-corrected chi connectivity index (χ2v) is 8.61. The molecule has 2 heterocycles. The van der Waals surface area contributed by atoms with Gasteiger partial charge in [-0.25, -0.2) is 0 Å². The zero-order valence-electron chi connectivity index (χ0n) is 20.1. The Bertz CT molecular complexity index is 996. The summed E-state index contributed by atoms with van der Waals surface area (Å²) in [5.74, 6) is -0.185. The van der Waals surface area contributed by atoms with Gasteiger partial charge in [0.15, 0.2) is 0 Å². The molecule has 1 aromatic heterocycles. The minimum Gasteiger partial charge on any atom is -0.466 e. The Hall–Kier alpha value is -2.98. The molecule has 0 N–H and O–H groups in total. The van der Waals surface area contributed by atoms with Gasteiger partial charge in [-0.3, -0.25) is 14.4 Å². The highest BCUT2D eigenvalue weighted by molar-refractivity contribution is 6.30. The van der Waals surface area contributed by atoms with Crippen LogP contribution < -0.4 is 0 Å². The van der Waals surface area contributed by atoms with Gasteiger partial charge in [-0.15, -0.1) is 0 Å². The number of rotatable bonds is 11. The van der Waals surface area contributed by atoms with Gasteiger partial charge in [0.2, 0.25) is 23.5 Å². The maximum Gasteiger partial charge on any atom is 0.306 e. The molecule has 11 heteroatoms. The summed E-state index contributed by atoms with van der Waals surface area (Å²) in [6, 6.07) is 6.73. The van der Waals surface area contributed by atoms with Crippen LogP contribution in [0.3, 0.4) is 0 Å². The van der Waals surface area contributed by atoms with E-state index in [-0.39, 0.29) is 57.0 Å². The van der Waals surface area contributed by atoms with Crippen molar-refractivity contribution < 1.29 is 28.4 Å². The normalized spacial score (nSPS) is 15.6. The highest BCUT2D eigenvalue weighted by Gasteiger charge is 2.33. The summed E-state index contributed by atoms with van der Waals surface area (Å²) in [6.07, 6.45) is 2.37. The molecule has 3 rings (SSSR count). The number of benzene rings is 1. The van der Waals surface area contributed by atoms with E-state index in [1.165, 1.54) is 12.0 Å². The third kappa shape index (κ3) is 7.50. The van der Waals surface area contributed by atoms with Crippen LogP contribution in [0.1, 0.15) is 51.0 Å². The van der Waals surface area contributed by atoms with Crippen molar-refractivity contribution in [2.45, 2.75) is 45.1 Å². The van der Waals surface area contributed by atoms with Crippen LogP contribution in [0.15, 0.2) is 28.8 Å². The number of aromatic nitrogens is 2. The first kappa shape index (κ1) is 26.6. The van der Waals surface area contributed by atoms with Crippen molar-refractivity contribution in [1.82, 2.24) is 19.9 Å². The SMILES string of the molecule is CCOC(=O)CCC(=O)N(CCOC)CC(=O)N1CCCCC1c1nc(-c2ccc(Cl)cc2)no1. The van der Waals surface area contributed by atoms with Gasteiger partial charge in [0, 0.05) is 37.2 Å². The third-order valence-corrected chi connectivity index (χ3v) is 6.00. The quantitative estimate of drug-likeness (QED) is 0.426. The molecule has 1 aliphatic rings. The molecule has 0 aliphatic carbocycles. The second-order valence-electron chi connectivity index (χ2n) is 8.17. The Balaban J connectivity index is 1.69. The fraction of sp³-hybridized carbons (Fsp3) is 0.542. The standard InChI is InChI=1S/C24H31ClN4O6/c1-3-34-22(32)12-11-20(30)28(14-15-33-2)16-21(31)29-13-5-4-6-19(29)24-26-23(27-35-24)17-7-9-18(25)10-8-17/h7-10,19H,3-6,11-16H2,1-2H3. The van der Waals surface area contributed by atoms with Crippen LogP contribution in [0.4, 0.5) is 0 Å². The van der Waals surface area contributed by atoms with Crippen molar-refractivity contribution in [3.05, 3.63) is 35.2 Å². The first-order chi connectivity index (χ1) is 16.9. The predicted octanol–water partition coefficient (Wildman–Crippen LogP) is 3.26. The van der Waals surface area contributed by atoms with Crippen LogP contribution in [-0.4, -0.2) is 77.7 Å². The van der Waals surface area contributed by atoms with E-state index in [9.17, 15) is 14.4 Å². The summed E-state index contributed by atoms with van der Waals surface area (Å²) in [5, 5.41) is 4.69. The molecule has 0 spiro atoms. The Morgan fingerprint density at radius 3 is 2.69 bits per heavy atom. The van der Waals surface area contributed by atoms with Crippen molar-refractivity contribution in [3.63, 3.8) is 0 Å². The highest BCUT2D eigenvalue weighted by Crippen LogP contribution is 2.31. The van der Waals surface area contributed by atoms with Gasteiger partial charge in [0.25, 0.3) is 0 Å². The third-order valence-electron chi connectivity index (χ3n) is 5.74. The van der Waals surface area contributed by atoms with Gasteiger partial charge in [0.05, 0.1) is 26.2 Å². The van der Waals surface area contributed by atoms with Gasteiger partial charge in [-0.1, -0.05) is 16.8 Å². The number of nitrogens with zero attached hydrogens (tertiary/aromatic N) is 4. The molecule has 0 saturated carbocycles. The van der Waals surface area contributed by atoms with Gasteiger partial charge in [-0.05, 0) is 50.5 Å². The number of halogens is 1. The number of likely N-dealkylation sites (tertiary alicyclic amines) is 1. The maximum absolute atomic E-state index is 13.3. The lowest BCUT2D eigenvalue weighted by Gasteiger charge is -2.35. The minimum absolute atomic E-state index is 0.0344. The minimum atomic E-state index is -0.442. The number of carbonyl (C=O) groups excluding carboxylic acids is 3. The number of amides is 2. The average molecular weight is 507 g/mol. The van der Waals surface area contributed by atoms with Crippen molar-refractivity contribution in [2.24, 2.45) is 0 Å². The summed E-state index contributed by atoms with van der Waals surface area (Å²) in [4.78, 5) is 45.4. The molecule has 190 valence electrons. The fourth-order valence-electron chi connectivity index (χ4n) is 3.92. The van der Waals surface area contributed by atoms with Gasteiger partial charge < -0.3 is 23.8 Å². The van der Waals surface area contributed by atoms with Crippen molar-refractivity contribution in [1.29, 1.82) is 0 Å².